The second-order valence-electron chi connectivity index (χ2n) is 6.54. The molecule has 0 amide bonds. The molecular formula is C20H16N4O3. The molecule has 0 spiro atoms. The van der Waals surface area contributed by atoms with Crippen LogP contribution in [-0.4, -0.2) is 26.1 Å². The molecular weight excluding hydrogens is 344 g/mol. The van der Waals surface area contributed by atoms with Crippen LogP contribution in [0.3, 0.4) is 0 Å². The molecule has 0 atom stereocenters. The molecule has 0 aliphatic heterocycles. The van der Waals surface area contributed by atoms with E-state index in [1.165, 1.54) is 0 Å². The first-order valence-corrected chi connectivity index (χ1v) is 8.80. The summed E-state index contributed by atoms with van der Waals surface area (Å²) in [5.41, 5.74) is 1.73. The SMILES string of the molecule is O=C(OCc1nc(C2CC2)n[nH]1)c1cc(-c2ccco2)nc2ccccc12. The maximum Gasteiger partial charge on any atom is 0.339 e. The van der Waals surface area contributed by atoms with E-state index in [9.17, 15) is 4.79 Å². The van der Waals surface area contributed by atoms with Crippen molar-refractivity contribution in [3.8, 4) is 11.5 Å². The molecule has 7 heteroatoms. The lowest BCUT2D eigenvalue weighted by atomic mass is 10.1. The number of furan rings is 1. The number of nitrogens with zero attached hydrogens (tertiary/aromatic N) is 3. The molecule has 1 fully saturated rings. The number of carbonyl (C=O) groups excluding carboxylic acids is 1. The highest BCUT2D eigenvalue weighted by atomic mass is 16.5. The lowest BCUT2D eigenvalue weighted by Crippen LogP contribution is -2.08. The number of aromatic amines is 1. The molecule has 7 nitrogen and oxygen atoms in total. The summed E-state index contributed by atoms with van der Waals surface area (Å²) in [6.07, 6.45) is 3.82. The fraction of sp³-hybridized carbons (Fsp3) is 0.200. The lowest BCUT2D eigenvalue weighted by Gasteiger charge is -2.08. The van der Waals surface area contributed by atoms with Crippen LogP contribution < -0.4 is 0 Å². The van der Waals surface area contributed by atoms with Gasteiger partial charge in [0.15, 0.2) is 24.0 Å². The van der Waals surface area contributed by atoms with Crippen LogP contribution in [0.1, 0.15) is 40.8 Å². The standard InChI is InChI=1S/C20H16N4O3/c25-20(27-11-18-22-19(24-23-18)12-7-8-12)14-10-16(17-6-3-9-26-17)21-15-5-2-1-4-13(14)15/h1-6,9-10,12H,7-8,11H2,(H,22,23,24). The van der Waals surface area contributed by atoms with Gasteiger partial charge >= 0.3 is 5.97 Å². The summed E-state index contributed by atoms with van der Waals surface area (Å²) in [5, 5.41) is 7.75. The second kappa shape index (κ2) is 6.35. The molecule has 0 radical (unpaired) electrons. The molecule has 1 saturated carbocycles. The Morgan fingerprint density at radius 3 is 2.89 bits per heavy atom. The zero-order valence-corrected chi connectivity index (χ0v) is 14.4. The number of H-pyrrole nitrogens is 1. The summed E-state index contributed by atoms with van der Waals surface area (Å²) in [5.74, 6) is 1.96. The third-order valence-electron chi connectivity index (χ3n) is 4.54. The van der Waals surface area contributed by atoms with Gasteiger partial charge in [-0.15, -0.1) is 0 Å². The number of benzene rings is 1. The van der Waals surface area contributed by atoms with Crippen molar-refractivity contribution < 1.29 is 13.9 Å². The Morgan fingerprint density at radius 2 is 2.07 bits per heavy atom. The average molecular weight is 360 g/mol. The highest BCUT2D eigenvalue weighted by molar-refractivity contribution is 6.04. The van der Waals surface area contributed by atoms with E-state index in [0.29, 0.717) is 34.3 Å². The predicted molar refractivity (Wildman–Crippen MR) is 96.9 cm³/mol. The van der Waals surface area contributed by atoms with Gasteiger partial charge in [-0.25, -0.2) is 14.8 Å². The average Bonchev–Trinajstić information content (AvgIpc) is 3.20. The van der Waals surface area contributed by atoms with Gasteiger partial charge in [-0.3, -0.25) is 5.10 Å². The first-order chi connectivity index (χ1) is 13.3. The minimum absolute atomic E-state index is 0.0469. The number of para-hydroxylation sites is 1. The molecule has 3 heterocycles. The van der Waals surface area contributed by atoms with Gasteiger partial charge in [-0.05, 0) is 37.1 Å². The molecule has 0 bridgehead atoms. The van der Waals surface area contributed by atoms with Gasteiger partial charge in [0.25, 0.3) is 0 Å². The van der Waals surface area contributed by atoms with Crippen LogP contribution in [0.5, 0.6) is 0 Å². The normalized spacial score (nSPS) is 13.8. The van der Waals surface area contributed by atoms with E-state index in [2.05, 4.69) is 20.2 Å². The Morgan fingerprint density at radius 1 is 1.19 bits per heavy atom. The fourth-order valence-electron chi connectivity index (χ4n) is 3.01. The maximum absolute atomic E-state index is 12.8. The van der Waals surface area contributed by atoms with Crippen LogP contribution in [0.2, 0.25) is 0 Å². The van der Waals surface area contributed by atoms with E-state index in [1.807, 2.05) is 24.3 Å². The summed E-state index contributed by atoms with van der Waals surface area (Å²) < 4.78 is 10.9. The number of nitrogens with one attached hydrogen (secondary N) is 1. The van der Waals surface area contributed by atoms with E-state index in [4.69, 9.17) is 9.15 Å². The monoisotopic (exact) mass is 360 g/mol. The Bertz CT molecular complexity index is 1110. The highest BCUT2D eigenvalue weighted by Crippen LogP contribution is 2.37. The molecule has 0 unspecified atom stereocenters. The first-order valence-electron chi connectivity index (χ1n) is 8.80. The molecule has 1 aliphatic rings. The Balaban J connectivity index is 1.44. The van der Waals surface area contributed by atoms with Crippen molar-refractivity contribution in [3.05, 3.63) is 65.9 Å². The van der Waals surface area contributed by atoms with Crippen molar-refractivity contribution in [2.24, 2.45) is 0 Å². The van der Waals surface area contributed by atoms with Gasteiger partial charge in [0.05, 0.1) is 17.3 Å². The van der Waals surface area contributed by atoms with Crippen LogP contribution >= 0.6 is 0 Å². The molecule has 1 aromatic carbocycles. The number of carbonyl (C=O) groups is 1. The van der Waals surface area contributed by atoms with E-state index in [1.54, 1.807) is 24.5 Å². The number of esters is 1. The van der Waals surface area contributed by atoms with Gasteiger partial charge < -0.3 is 9.15 Å². The number of pyridine rings is 1. The zero-order valence-electron chi connectivity index (χ0n) is 14.4. The Kier molecular flexibility index (Phi) is 3.71. The Hall–Kier alpha value is -3.48. The number of hydrogen-bond donors (Lipinski definition) is 1. The van der Waals surface area contributed by atoms with E-state index in [-0.39, 0.29) is 6.61 Å². The van der Waals surface area contributed by atoms with Crippen molar-refractivity contribution in [2.45, 2.75) is 25.4 Å². The molecule has 1 aliphatic carbocycles. The van der Waals surface area contributed by atoms with Crippen molar-refractivity contribution in [1.29, 1.82) is 0 Å². The largest absolute Gasteiger partial charge is 0.463 e. The van der Waals surface area contributed by atoms with Crippen LogP contribution in [-0.2, 0) is 11.3 Å². The van der Waals surface area contributed by atoms with E-state index < -0.39 is 5.97 Å². The van der Waals surface area contributed by atoms with Gasteiger partial charge in [0.1, 0.15) is 5.69 Å². The quantitative estimate of drug-likeness (QED) is 0.543. The molecule has 0 saturated heterocycles. The van der Waals surface area contributed by atoms with Gasteiger partial charge in [0, 0.05) is 11.3 Å². The second-order valence-corrected chi connectivity index (χ2v) is 6.54. The minimum atomic E-state index is -0.439. The van der Waals surface area contributed by atoms with Crippen molar-refractivity contribution in [3.63, 3.8) is 0 Å². The van der Waals surface area contributed by atoms with Crippen LogP contribution in [0.4, 0.5) is 0 Å². The van der Waals surface area contributed by atoms with Crippen LogP contribution in [0.25, 0.3) is 22.4 Å². The molecule has 134 valence electrons. The van der Waals surface area contributed by atoms with Gasteiger partial charge in [-0.1, -0.05) is 18.2 Å². The number of rotatable bonds is 5. The van der Waals surface area contributed by atoms with Crippen LogP contribution in [0.15, 0.2) is 53.1 Å². The maximum atomic E-state index is 12.8. The number of hydrogen-bond acceptors (Lipinski definition) is 6. The summed E-state index contributed by atoms with van der Waals surface area (Å²) >= 11 is 0. The summed E-state index contributed by atoms with van der Waals surface area (Å²) in [6, 6.07) is 12.7. The predicted octanol–water partition coefficient (Wildman–Crippen LogP) is 3.85. The summed E-state index contributed by atoms with van der Waals surface area (Å²) in [4.78, 5) is 21.7. The topological polar surface area (TPSA) is 93.9 Å². The molecule has 1 N–H and O–H groups in total. The molecule has 3 aromatic heterocycles. The first kappa shape index (κ1) is 15.7. The summed E-state index contributed by atoms with van der Waals surface area (Å²) in [7, 11) is 0. The fourth-order valence-corrected chi connectivity index (χ4v) is 3.01. The lowest BCUT2D eigenvalue weighted by molar-refractivity contribution is 0.0465. The number of fused-ring (bicyclic) bond motifs is 1. The summed E-state index contributed by atoms with van der Waals surface area (Å²) in [6.45, 7) is 0.0469. The van der Waals surface area contributed by atoms with Crippen molar-refractivity contribution in [2.75, 3.05) is 0 Å². The van der Waals surface area contributed by atoms with Crippen LogP contribution in [0, 0.1) is 0 Å². The third kappa shape index (κ3) is 3.08. The number of aromatic nitrogens is 4. The van der Waals surface area contributed by atoms with E-state index in [0.717, 1.165) is 24.1 Å². The molecule has 27 heavy (non-hydrogen) atoms. The van der Waals surface area contributed by atoms with Gasteiger partial charge in [0.2, 0.25) is 0 Å². The van der Waals surface area contributed by atoms with Crippen molar-refractivity contribution in [1.82, 2.24) is 20.2 Å². The van der Waals surface area contributed by atoms with E-state index >= 15 is 0 Å². The molecule has 5 rings (SSSR count). The zero-order chi connectivity index (χ0) is 18.2. The highest BCUT2D eigenvalue weighted by Gasteiger charge is 2.28. The molecule has 4 aromatic rings. The smallest absolute Gasteiger partial charge is 0.339 e. The Labute approximate surface area is 154 Å². The minimum Gasteiger partial charge on any atom is -0.463 e. The van der Waals surface area contributed by atoms with Crippen molar-refractivity contribution >= 4 is 16.9 Å². The third-order valence-corrected chi connectivity index (χ3v) is 4.54. The van der Waals surface area contributed by atoms with Gasteiger partial charge in [-0.2, -0.15) is 5.10 Å². The number of ether oxygens (including phenoxy) is 1.